The Morgan fingerprint density at radius 2 is 1.92 bits per heavy atom. The molecule has 0 atom stereocenters. The molecule has 124 valence electrons. The predicted molar refractivity (Wildman–Crippen MR) is 93.1 cm³/mol. The molecule has 2 heterocycles. The third-order valence-corrected chi connectivity index (χ3v) is 4.35. The van der Waals surface area contributed by atoms with Crippen molar-refractivity contribution in [3.8, 4) is 0 Å². The summed E-state index contributed by atoms with van der Waals surface area (Å²) in [5.41, 5.74) is 1.31. The molecular weight excluding hydrogens is 374 g/mol. The van der Waals surface area contributed by atoms with E-state index >= 15 is 0 Å². The largest absolute Gasteiger partial charge is 0.378 e. The van der Waals surface area contributed by atoms with E-state index in [1.807, 2.05) is 18.2 Å². The number of rotatable bonds is 3. The maximum absolute atomic E-state index is 12.5. The number of anilines is 1. The maximum atomic E-state index is 12.5. The molecule has 0 saturated carbocycles. The number of carbonyl (C=O) groups excluding carboxylic acids is 2. The first-order valence-corrected chi connectivity index (χ1v) is 8.33. The van der Waals surface area contributed by atoms with Crippen LogP contribution in [0.15, 0.2) is 47.1 Å². The van der Waals surface area contributed by atoms with Crippen LogP contribution in [0.2, 0.25) is 0 Å². The number of halogens is 1. The SMILES string of the molecule is O=C(Nc1ccccc1Br)c1ccnc(C(=O)N2CCOCC2)c1. The van der Waals surface area contributed by atoms with Gasteiger partial charge >= 0.3 is 0 Å². The van der Waals surface area contributed by atoms with Crippen molar-refractivity contribution in [2.45, 2.75) is 0 Å². The summed E-state index contributed by atoms with van der Waals surface area (Å²) in [5.74, 6) is -0.478. The van der Waals surface area contributed by atoms with Gasteiger partial charge in [-0.15, -0.1) is 0 Å². The van der Waals surface area contributed by atoms with Crippen LogP contribution in [0.3, 0.4) is 0 Å². The molecule has 0 radical (unpaired) electrons. The van der Waals surface area contributed by atoms with Gasteiger partial charge in [-0.2, -0.15) is 0 Å². The molecule has 1 aliphatic heterocycles. The molecule has 2 amide bonds. The van der Waals surface area contributed by atoms with Crippen LogP contribution in [0.1, 0.15) is 20.8 Å². The fraction of sp³-hybridized carbons (Fsp3) is 0.235. The number of aromatic nitrogens is 1. The molecule has 2 aromatic rings. The lowest BCUT2D eigenvalue weighted by molar-refractivity contribution is 0.0299. The molecule has 0 aliphatic carbocycles. The summed E-state index contributed by atoms with van der Waals surface area (Å²) in [5, 5.41) is 2.81. The van der Waals surface area contributed by atoms with E-state index in [2.05, 4.69) is 26.2 Å². The number of hydrogen-bond acceptors (Lipinski definition) is 4. The Morgan fingerprint density at radius 1 is 1.17 bits per heavy atom. The summed E-state index contributed by atoms with van der Waals surface area (Å²) in [7, 11) is 0. The highest BCUT2D eigenvalue weighted by atomic mass is 79.9. The minimum atomic E-state index is -0.291. The monoisotopic (exact) mass is 389 g/mol. The molecule has 0 unspecified atom stereocenters. The highest BCUT2D eigenvalue weighted by Gasteiger charge is 2.20. The number of ether oxygens (including phenoxy) is 1. The van der Waals surface area contributed by atoms with E-state index in [9.17, 15) is 9.59 Å². The molecule has 1 N–H and O–H groups in total. The van der Waals surface area contributed by atoms with E-state index in [1.54, 1.807) is 17.0 Å². The van der Waals surface area contributed by atoms with Gasteiger partial charge in [0.2, 0.25) is 0 Å². The van der Waals surface area contributed by atoms with Gasteiger partial charge in [0.15, 0.2) is 0 Å². The van der Waals surface area contributed by atoms with Crippen molar-refractivity contribution < 1.29 is 14.3 Å². The number of nitrogens with one attached hydrogen (secondary N) is 1. The second-order valence-corrected chi connectivity index (χ2v) is 6.12. The van der Waals surface area contributed by atoms with Crippen LogP contribution in [0.4, 0.5) is 5.69 Å². The van der Waals surface area contributed by atoms with Crippen LogP contribution in [-0.2, 0) is 4.74 Å². The first kappa shape index (κ1) is 16.6. The lowest BCUT2D eigenvalue weighted by Gasteiger charge is -2.26. The first-order valence-electron chi connectivity index (χ1n) is 7.54. The molecule has 1 aromatic heterocycles. The Bertz CT molecular complexity index is 760. The van der Waals surface area contributed by atoms with Gasteiger partial charge in [0, 0.05) is 29.3 Å². The van der Waals surface area contributed by atoms with Crippen LogP contribution >= 0.6 is 15.9 Å². The summed E-state index contributed by atoms with van der Waals surface area (Å²) >= 11 is 3.39. The minimum absolute atomic E-state index is 0.186. The van der Waals surface area contributed by atoms with Crippen LogP contribution in [-0.4, -0.2) is 48.0 Å². The number of pyridine rings is 1. The van der Waals surface area contributed by atoms with Crippen LogP contribution in [0.5, 0.6) is 0 Å². The molecule has 1 aliphatic rings. The fourth-order valence-corrected chi connectivity index (χ4v) is 2.76. The first-order chi connectivity index (χ1) is 11.6. The second kappa shape index (κ2) is 7.55. The predicted octanol–water partition coefficient (Wildman–Crippen LogP) is 2.57. The smallest absolute Gasteiger partial charge is 0.272 e. The van der Waals surface area contributed by atoms with Gasteiger partial charge in [-0.05, 0) is 40.2 Å². The third kappa shape index (κ3) is 3.80. The summed E-state index contributed by atoms with van der Waals surface area (Å²) in [6.45, 7) is 2.11. The zero-order chi connectivity index (χ0) is 16.9. The van der Waals surface area contributed by atoms with E-state index < -0.39 is 0 Å². The Balaban J connectivity index is 1.76. The molecule has 7 heteroatoms. The number of benzene rings is 1. The van der Waals surface area contributed by atoms with Crippen LogP contribution in [0, 0.1) is 0 Å². The Kier molecular flexibility index (Phi) is 5.22. The summed E-state index contributed by atoms with van der Waals surface area (Å²) in [4.78, 5) is 30.7. The van der Waals surface area contributed by atoms with Gasteiger partial charge in [0.05, 0.1) is 18.9 Å². The molecule has 3 rings (SSSR count). The summed E-state index contributed by atoms with van der Waals surface area (Å²) in [6.07, 6.45) is 1.47. The molecule has 0 bridgehead atoms. The van der Waals surface area contributed by atoms with Gasteiger partial charge in [-0.3, -0.25) is 14.6 Å². The van der Waals surface area contributed by atoms with Crippen LogP contribution < -0.4 is 5.32 Å². The fourth-order valence-electron chi connectivity index (χ4n) is 2.37. The second-order valence-electron chi connectivity index (χ2n) is 5.27. The Labute approximate surface area is 148 Å². The van der Waals surface area contributed by atoms with E-state index in [-0.39, 0.29) is 17.5 Å². The highest BCUT2D eigenvalue weighted by molar-refractivity contribution is 9.10. The van der Waals surface area contributed by atoms with Crippen molar-refractivity contribution >= 4 is 33.4 Å². The molecule has 1 saturated heterocycles. The van der Waals surface area contributed by atoms with Gasteiger partial charge in [-0.25, -0.2) is 0 Å². The Hall–Kier alpha value is -2.25. The summed E-state index contributed by atoms with van der Waals surface area (Å²) in [6, 6.07) is 10.4. The average molecular weight is 390 g/mol. The molecule has 1 fully saturated rings. The van der Waals surface area contributed by atoms with Gasteiger partial charge in [0.1, 0.15) is 5.69 Å². The number of carbonyl (C=O) groups is 2. The molecule has 24 heavy (non-hydrogen) atoms. The van der Waals surface area contributed by atoms with E-state index in [1.165, 1.54) is 12.3 Å². The molecule has 1 aromatic carbocycles. The van der Waals surface area contributed by atoms with Crippen molar-refractivity contribution in [2.24, 2.45) is 0 Å². The van der Waals surface area contributed by atoms with Gasteiger partial charge in [0.25, 0.3) is 11.8 Å². The normalized spacial score (nSPS) is 14.3. The molecule has 0 spiro atoms. The molecular formula is C17H16BrN3O3. The highest BCUT2D eigenvalue weighted by Crippen LogP contribution is 2.22. The number of amides is 2. The zero-order valence-corrected chi connectivity index (χ0v) is 14.5. The quantitative estimate of drug-likeness (QED) is 0.875. The average Bonchev–Trinajstić information content (AvgIpc) is 2.64. The van der Waals surface area contributed by atoms with Gasteiger partial charge < -0.3 is 15.0 Å². The number of hydrogen-bond donors (Lipinski definition) is 1. The zero-order valence-electron chi connectivity index (χ0n) is 12.9. The van der Waals surface area contributed by atoms with Crippen molar-refractivity contribution in [3.63, 3.8) is 0 Å². The van der Waals surface area contributed by atoms with Crippen molar-refractivity contribution in [3.05, 3.63) is 58.3 Å². The van der Waals surface area contributed by atoms with Crippen molar-refractivity contribution in [1.29, 1.82) is 0 Å². The van der Waals surface area contributed by atoms with Crippen molar-refractivity contribution in [2.75, 3.05) is 31.6 Å². The van der Waals surface area contributed by atoms with E-state index in [0.29, 0.717) is 37.6 Å². The van der Waals surface area contributed by atoms with E-state index in [0.717, 1.165) is 4.47 Å². The molecule has 6 nitrogen and oxygen atoms in total. The van der Waals surface area contributed by atoms with Crippen LogP contribution in [0.25, 0.3) is 0 Å². The van der Waals surface area contributed by atoms with Gasteiger partial charge in [-0.1, -0.05) is 12.1 Å². The summed E-state index contributed by atoms with van der Waals surface area (Å²) < 4.78 is 6.03. The number of morpholine rings is 1. The van der Waals surface area contributed by atoms with E-state index in [4.69, 9.17) is 4.74 Å². The standard InChI is InChI=1S/C17H16BrN3O3/c18-13-3-1-2-4-14(13)20-16(22)12-5-6-19-15(11-12)17(23)21-7-9-24-10-8-21/h1-6,11H,7-10H2,(H,20,22). The minimum Gasteiger partial charge on any atom is -0.378 e. The maximum Gasteiger partial charge on any atom is 0.272 e. The lowest BCUT2D eigenvalue weighted by atomic mass is 10.2. The third-order valence-electron chi connectivity index (χ3n) is 3.66. The lowest BCUT2D eigenvalue weighted by Crippen LogP contribution is -2.41. The Morgan fingerprint density at radius 3 is 2.67 bits per heavy atom. The number of para-hydroxylation sites is 1. The topological polar surface area (TPSA) is 71.5 Å². The number of nitrogens with zero attached hydrogens (tertiary/aromatic N) is 2. The van der Waals surface area contributed by atoms with Crippen molar-refractivity contribution in [1.82, 2.24) is 9.88 Å².